The maximum absolute atomic E-state index is 12.1. The zero-order valence-corrected chi connectivity index (χ0v) is 19.7. The number of imidazole rings is 1. The number of carbonyl (C=O) groups excluding carboxylic acids is 1. The Bertz CT molecular complexity index is 1160. The fraction of sp³-hybridized carbons (Fsp3) is 0.600. The summed E-state index contributed by atoms with van der Waals surface area (Å²) in [4.78, 5) is 50.5. The summed E-state index contributed by atoms with van der Waals surface area (Å²) >= 11 is 0. The number of anilines is 1. The predicted octanol–water partition coefficient (Wildman–Crippen LogP) is -3.44. The number of fused-ring (bicyclic) bond motifs is 1. The zero-order valence-electron chi connectivity index (χ0n) is 17.9. The number of ether oxygens (including phenoxy) is 1. The molecule has 3 rings (SSSR count). The van der Waals surface area contributed by atoms with Crippen molar-refractivity contribution in [3.05, 3.63) is 12.7 Å². The van der Waals surface area contributed by atoms with Crippen LogP contribution in [0, 0.1) is 0 Å². The maximum atomic E-state index is 12.1. The van der Waals surface area contributed by atoms with Gasteiger partial charge in [0.05, 0.1) is 19.5 Å². The number of phosphoric ester groups is 2. The third-order valence-electron chi connectivity index (χ3n) is 4.93. The Balaban J connectivity index is 1.73. The van der Waals surface area contributed by atoms with Gasteiger partial charge in [-0.05, 0) is 0 Å². The lowest BCUT2D eigenvalue weighted by Crippen LogP contribution is -2.40. The Labute approximate surface area is 200 Å². The molecule has 0 spiro atoms. The summed E-state index contributed by atoms with van der Waals surface area (Å²) in [6.45, 7) is -1.92. The van der Waals surface area contributed by atoms with Crippen LogP contribution < -0.4 is 5.73 Å². The molecule has 1 unspecified atom stereocenters. The number of aliphatic hydroxyl groups is 4. The summed E-state index contributed by atoms with van der Waals surface area (Å²) < 4.78 is 44.2. The summed E-state index contributed by atoms with van der Waals surface area (Å²) in [5.74, 6) is -0.0176. The molecule has 0 saturated carbocycles. The summed E-state index contributed by atoms with van der Waals surface area (Å²) in [5, 5.41) is 38.8. The SMILES string of the molecule is Nc1ncnc2c1ncn2[C@@H]1O[C@H](COP(=O)(O)OC[C@@H](O)[C@@H](O)[C@@H](O)C=O)[C@@H](O)[C@H]1OP(=O)(O)O. The van der Waals surface area contributed by atoms with Crippen molar-refractivity contribution in [3.63, 3.8) is 0 Å². The number of phosphoric acid groups is 2. The minimum atomic E-state index is -5.18. The average molecular weight is 559 g/mol. The molecule has 2 aromatic rings. The van der Waals surface area contributed by atoms with Gasteiger partial charge in [-0.2, -0.15) is 0 Å². The Hall–Kier alpha value is -1.96. The molecule has 0 aromatic carbocycles. The number of hydrogen-bond acceptors (Lipinski definition) is 15. The lowest BCUT2D eigenvalue weighted by molar-refractivity contribution is -0.127. The monoisotopic (exact) mass is 559 g/mol. The smallest absolute Gasteiger partial charge is 0.388 e. The Morgan fingerprint density at radius 2 is 1.86 bits per heavy atom. The van der Waals surface area contributed by atoms with E-state index in [1.807, 2.05) is 0 Å². The number of nitrogens with zero attached hydrogens (tertiary/aromatic N) is 4. The normalized spacial score (nSPS) is 27.0. The van der Waals surface area contributed by atoms with Crippen molar-refractivity contribution < 1.29 is 67.3 Å². The van der Waals surface area contributed by atoms with Crippen LogP contribution in [0.5, 0.6) is 0 Å². The van der Waals surface area contributed by atoms with Gasteiger partial charge in [-0.1, -0.05) is 0 Å². The number of carbonyl (C=O) groups is 1. The van der Waals surface area contributed by atoms with Gasteiger partial charge in [0.1, 0.15) is 48.5 Å². The topological polar surface area (TPSA) is 299 Å². The summed E-state index contributed by atoms with van der Waals surface area (Å²) in [7, 11) is -10.2. The largest absolute Gasteiger partial charge is 0.472 e. The molecule has 0 aliphatic carbocycles. The van der Waals surface area contributed by atoms with Crippen LogP contribution in [0.25, 0.3) is 11.2 Å². The number of hydrogen-bond donors (Lipinski definition) is 8. The van der Waals surface area contributed by atoms with Crippen LogP contribution in [-0.2, 0) is 32.2 Å². The second-order valence-electron chi connectivity index (χ2n) is 7.44. The quantitative estimate of drug-likeness (QED) is 0.0926. The van der Waals surface area contributed by atoms with Crippen molar-refractivity contribution >= 4 is 38.9 Å². The van der Waals surface area contributed by atoms with Gasteiger partial charge in [-0.25, -0.2) is 24.1 Å². The fourth-order valence-electron chi connectivity index (χ4n) is 3.19. The van der Waals surface area contributed by atoms with Crippen molar-refractivity contribution in [3.8, 4) is 0 Å². The van der Waals surface area contributed by atoms with Gasteiger partial charge in [0, 0.05) is 0 Å². The van der Waals surface area contributed by atoms with E-state index < -0.39 is 71.7 Å². The molecule has 1 aliphatic heterocycles. The summed E-state index contributed by atoms with van der Waals surface area (Å²) in [6.07, 6.45) is -10.4. The minimum Gasteiger partial charge on any atom is -0.388 e. The van der Waals surface area contributed by atoms with E-state index in [1.54, 1.807) is 0 Å². The molecule has 0 radical (unpaired) electrons. The van der Waals surface area contributed by atoms with Gasteiger partial charge < -0.3 is 50.4 Å². The summed E-state index contributed by atoms with van der Waals surface area (Å²) in [5.41, 5.74) is 5.88. The second-order valence-corrected chi connectivity index (χ2v) is 10.1. The minimum absolute atomic E-state index is 0.0176. The van der Waals surface area contributed by atoms with E-state index in [-0.39, 0.29) is 23.3 Å². The van der Waals surface area contributed by atoms with Crippen molar-refractivity contribution in [1.29, 1.82) is 0 Å². The molecular weight excluding hydrogens is 536 g/mol. The highest BCUT2D eigenvalue weighted by Crippen LogP contribution is 2.47. The van der Waals surface area contributed by atoms with Crippen LogP contribution in [-0.4, -0.2) is 111 Å². The maximum Gasteiger partial charge on any atom is 0.472 e. The first-order chi connectivity index (χ1) is 16.7. The molecule has 2 aromatic heterocycles. The van der Waals surface area contributed by atoms with Gasteiger partial charge in [0.2, 0.25) is 0 Å². The first-order valence-corrected chi connectivity index (χ1v) is 12.9. The molecule has 36 heavy (non-hydrogen) atoms. The van der Waals surface area contributed by atoms with Crippen molar-refractivity contribution in [2.24, 2.45) is 0 Å². The van der Waals surface area contributed by atoms with Gasteiger partial charge >= 0.3 is 15.6 Å². The van der Waals surface area contributed by atoms with Gasteiger partial charge in [-0.15, -0.1) is 0 Å². The molecule has 0 bridgehead atoms. The van der Waals surface area contributed by atoms with Crippen LogP contribution in [0.2, 0.25) is 0 Å². The molecule has 8 atom stereocenters. The van der Waals surface area contributed by atoms with E-state index >= 15 is 0 Å². The predicted molar refractivity (Wildman–Crippen MR) is 112 cm³/mol. The molecule has 0 amide bonds. The number of aliphatic hydroxyl groups excluding tert-OH is 4. The number of rotatable bonds is 12. The Morgan fingerprint density at radius 3 is 2.50 bits per heavy atom. The van der Waals surface area contributed by atoms with E-state index in [0.717, 1.165) is 17.2 Å². The van der Waals surface area contributed by atoms with Crippen LogP contribution in [0.1, 0.15) is 6.23 Å². The van der Waals surface area contributed by atoms with Gasteiger partial charge in [0.15, 0.2) is 24.0 Å². The third-order valence-corrected chi connectivity index (χ3v) is 6.40. The first kappa shape index (κ1) is 28.6. The molecule has 21 heteroatoms. The number of aromatic nitrogens is 4. The third kappa shape index (κ3) is 6.67. The van der Waals surface area contributed by atoms with Crippen LogP contribution in [0.3, 0.4) is 0 Å². The number of aldehydes is 1. The van der Waals surface area contributed by atoms with E-state index in [0.29, 0.717) is 0 Å². The molecule has 202 valence electrons. The standard InChI is InChI=1S/C15H23N5O14P2/c16-13-9-14(18-4-17-13)20(5-19-9)15-12(34-35(26,27)28)11(25)8(33-15)3-32-36(29,30)31-2-7(23)10(24)6(22)1-21/h1,4-8,10-12,15,22-25H,2-3H2,(H,29,30)(H2,16,17,18)(H2,26,27,28)/t6-,7+,8+,10-,11+,12+,15+/m0/s1. The highest BCUT2D eigenvalue weighted by atomic mass is 31.2. The van der Waals surface area contributed by atoms with E-state index in [4.69, 9.17) is 20.1 Å². The highest BCUT2D eigenvalue weighted by Gasteiger charge is 2.49. The Kier molecular flexibility index (Phi) is 8.90. The van der Waals surface area contributed by atoms with Crippen LogP contribution in [0.4, 0.5) is 5.82 Å². The summed E-state index contributed by atoms with van der Waals surface area (Å²) in [6, 6.07) is 0. The molecular formula is C15H23N5O14P2. The van der Waals surface area contributed by atoms with Gasteiger partial charge in [-0.3, -0.25) is 18.1 Å². The molecule has 9 N–H and O–H groups in total. The van der Waals surface area contributed by atoms with Crippen LogP contribution in [0.15, 0.2) is 12.7 Å². The van der Waals surface area contributed by atoms with Crippen molar-refractivity contribution in [2.45, 2.75) is 42.9 Å². The molecule has 3 heterocycles. The molecule has 19 nitrogen and oxygen atoms in total. The molecule has 1 saturated heterocycles. The lowest BCUT2D eigenvalue weighted by Gasteiger charge is -2.22. The first-order valence-electron chi connectivity index (χ1n) is 9.86. The zero-order chi connectivity index (χ0) is 26.8. The van der Waals surface area contributed by atoms with E-state index in [1.165, 1.54) is 0 Å². The molecule has 1 aliphatic rings. The lowest BCUT2D eigenvalue weighted by atomic mass is 10.1. The van der Waals surface area contributed by atoms with E-state index in [2.05, 4.69) is 24.0 Å². The van der Waals surface area contributed by atoms with Crippen molar-refractivity contribution in [1.82, 2.24) is 19.5 Å². The highest BCUT2D eigenvalue weighted by molar-refractivity contribution is 7.47. The number of nitrogens with two attached hydrogens (primary N) is 1. The fourth-order valence-corrected chi connectivity index (χ4v) is 4.49. The van der Waals surface area contributed by atoms with Gasteiger partial charge in [0.25, 0.3) is 0 Å². The van der Waals surface area contributed by atoms with E-state index in [9.17, 15) is 43.9 Å². The van der Waals surface area contributed by atoms with Crippen molar-refractivity contribution in [2.75, 3.05) is 18.9 Å². The van der Waals surface area contributed by atoms with Crippen LogP contribution >= 0.6 is 15.6 Å². The molecule has 1 fully saturated rings. The average Bonchev–Trinajstić information content (AvgIpc) is 3.36. The number of nitrogen functional groups attached to an aromatic ring is 1. The Morgan fingerprint density at radius 1 is 1.17 bits per heavy atom. The second kappa shape index (κ2) is 11.2.